The molecule has 8 heteroatoms. The Morgan fingerprint density at radius 3 is 3.11 bits per heavy atom. The molecule has 0 unspecified atom stereocenters. The van der Waals surface area contributed by atoms with Crippen LogP contribution in [0.5, 0.6) is 0 Å². The van der Waals surface area contributed by atoms with Crippen LogP contribution in [0.2, 0.25) is 0 Å². The molecule has 2 aromatic rings. The maximum atomic E-state index is 8.68. The highest BCUT2D eigenvalue weighted by atomic mass is 16.5. The van der Waals surface area contributed by atoms with Crippen LogP contribution in [0.3, 0.4) is 0 Å². The van der Waals surface area contributed by atoms with Gasteiger partial charge in [0, 0.05) is 25.7 Å². The molecule has 0 aliphatic heterocycles. The average molecular weight is 262 g/mol. The van der Waals surface area contributed by atoms with E-state index >= 15 is 0 Å². The van der Waals surface area contributed by atoms with Gasteiger partial charge in [0.1, 0.15) is 5.69 Å². The fraction of sp³-hybridized carbons (Fsp3) is 0.273. The highest BCUT2D eigenvalue weighted by Crippen LogP contribution is 2.04. The van der Waals surface area contributed by atoms with Crippen molar-refractivity contribution in [1.82, 2.24) is 20.4 Å². The van der Waals surface area contributed by atoms with Crippen LogP contribution >= 0.6 is 0 Å². The van der Waals surface area contributed by atoms with Gasteiger partial charge in [-0.3, -0.25) is 4.98 Å². The first-order chi connectivity index (χ1) is 9.31. The molecule has 0 saturated carbocycles. The van der Waals surface area contributed by atoms with Gasteiger partial charge >= 0.3 is 0 Å². The maximum Gasteiger partial charge on any atom is 0.227 e. The van der Waals surface area contributed by atoms with E-state index in [9.17, 15) is 0 Å². The van der Waals surface area contributed by atoms with Crippen molar-refractivity contribution < 1.29 is 9.73 Å². The van der Waals surface area contributed by atoms with Crippen LogP contribution in [0.15, 0.2) is 34.3 Å². The van der Waals surface area contributed by atoms with E-state index in [1.165, 1.54) is 6.33 Å². The number of hydrogen-bond acceptors (Lipinski definition) is 7. The van der Waals surface area contributed by atoms with Crippen molar-refractivity contribution in [3.63, 3.8) is 0 Å². The number of aromatic nitrogens is 3. The normalized spacial score (nSPS) is 11.7. The molecule has 0 fully saturated rings. The summed E-state index contributed by atoms with van der Waals surface area (Å²) in [6.07, 6.45) is 3.60. The molecular weight excluding hydrogens is 248 g/mol. The molecule has 0 saturated heterocycles. The lowest BCUT2D eigenvalue weighted by Crippen LogP contribution is -2.22. The van der Waals surface area contributed by atoms with Crippen LogP contribution in [-0.2, 0) is 13.0 Å². The summed E-state index contributed by atoms with van der Waals surface area (Å²) in [5, 5.41) is 18.4. The fourth-order valence-electron chi connectivity index (χ4n) is 1.58. The third kappa shape index (κ3) is 3.49. The minimum absolute atomic E-state index is 0.00528. The fourth-order valence-corrected chi connectivity index (χ4v) is 1.58. The number of nitrogens with one attached hydrogen (secondary N) is 1. The second-order valence-electron chi connectivity index (χ2n) is 3.76. The van der Waals surface area contributed by atoms with E-state index in [1.807, 2.05) is 6.07 Å². The zero-order valence-corrected chi connectivity index (χ0v) is 10.2. The van der Waals surface area contributed by atoms with E-state index in [0.717, 1.165) is 5.56 Å². The predicted octanol–water partition coefficient (Wildman–Crippen LogP) is -0.109. The third-order valence-corrected chi connectivity index (χ3v) is 2.48. The molecule has 0 aliphatic carbocycles. The molecule has 2 rings (SSSR count). The van der Waals surface area contributed by atoms with Gasteiger partial charge in [-0.25, -0.2) is 0 Å². The predicted molar refractivity (Wildman–Crippen MR) is 66.5 cm³/mol. The first kappa shape index (κ1) is 13.0. The van der Waals surface area contributed by atoms with Gasteiger partial charge in [0.15, 0.2) is 12.2 Å². The molecule has 2 aromatic heterocycles. The van der Waals surface area contributed by atoms with Crippen LogP contribution in [0.25, 0.3) is 0 Å². The summed E-state index contributed by atoms with van der Waals surface area (Å²) in [6, 6.07) is 3.66. The Kier molecular flexibility index (Phi) is 4.40. The lowest BCUT2D eigenvalue weighted by Gasteiger charge is -2.07. The van der Waals surface area contributed by atoms with Crippen LogP contribution in [0.1, 0.15) is 17.1 Å². The third-order valence-electron chi connectivity index (χ3n) is 2.48. The molecule has 0 spiro atoms. The van der Waals surface area contributed by atoms with E-state index in [-0.39, 0.29) is 5.84 Å². The van der Waals surface area contributed by atoms with Gasteiger partial charge in [-0.1, -0.05) is 16.4 Å². The first-order valence-electron chi connectivity index (χ1n) is 5.69. The number of nitrogens with two attached hydrogens (primary N) is 1. The number of oxime groups is 1. The summed E-state index contributed by atoms with van der Waals surface area (Å²) in [4.78, 5) is 8.00. The number of hydrogen-bond donors (Lipinski definition) is 3. The standard InChI is InChI=1S/C11H14N6O2/c12-11(17-18)10-8(2-1-4-14-10)6-13-5-3-9-15-7-16-19-9/h1-2,4,7,13,18H,3,5-6H2,(H2,12,17). The maximum absolute atomic E-state index is 8.68. The molecule has 0 amide bonds. The van der Waals surface area contributed by atoms with Crippen LogP contribution in [0.4, 0.5) is 0 Å². The molecule has 0 bridgehead atoms. The molecule has 8 nitrogen and oxygen atoms in total. The Morgan fingerprint density at radius 1 is 1.47 bits per heavy atom. The van der Waals surface area contributed by atoms with Gasteiger partial charge in [0.2, 0.25) is 5.89 Å². The zero-order valence-electron chi connectivity index (χ0n) is 10.2. The van der Waals surface area contributed by atoms with E-state index in [0.29, 0.717) is 31.1 Å². The van der Waals surface area contributed by atoms with Gasteiger partial charge in [-0.2, -0.15) is 4.98 Å². The van der Waals surface area contributed by atoms with E-state index in [1.54, 1.807) is 12.3 Å². The molecular formula is C11H14N6O2. The summed E-state index contributed by atoms with van der Waals surface area (Å²) >= 11 is 0. The van der Waals surface area contributed by atoms with Crippen molar-refractivity contribution in [2.75, 3.05) is 6.54 Å². The highest BCUT2D eigenvalue weighted by Gasteiger charge is 2.07. The zero-order chi connectivity index (χ0) is 13.5. The van der Waals surface area contributed by atoms with Crippen molar-refractivity contribution in [3.8, 4) is 0 Å². The number of pyridine rings is 1. The number of nitrogens with zero attached hydrogens (tertiary/aromatic N) is 4. The molecule has 19 heavy (non-hydrogen) atoms. The molecule has 2 heterocycles. The largest absolute Gasteiger partial charge is 0.409 e. The molecule has 0 radical (unpaired) electrons. The molecule has 0 atom stereocenters. The summed E-state index contributed by atoms with van der Waals surface area (Å²) < 4.78 is 4.88. The first-order valence-corrected chi connectivity index (χ1v) is 5.69. The highest BCUT2D eigenvalue weighted by molar-refractivity contribution is 5.96. The molecule has 4 N–H and O–H groups in total. The van der Waals surface area contributed by atoms with Crippen LogP contribution < -0.4 is 11.1 Å². The summed E-state index contributed by atoms with van der Waals surface area (Å²) in [5.41, 5.74) is 6.87. The van der Waals surface area contributed by atoms with Crippen molar-refractivity contribution in [1.29, 1.82) is 0 Å². The summed E-state index contributed by atoms with van der Waals surface area (Å²) in [7, 11) is 0. The SMILES string of the molecule is N/C(=N/O)c1ncccc1CNCCc1ncno1. The Balaban J connectivity index is 1.89. The van der Waals surface area contributed by atoms with Crippen LogP contribution in [0, 0.1) is 0 Å². The summed E-state index contributed by atoms with van der Waals surface area (Å²) in [5.74, 6) is 0.574. The lowest BCUT2D eigenvalue weighted by molar-refractivity contribution is 0.318. The van der Waals surface area contributed by atoms with Gasteiger partial charge < -0.3 is 20.8 Å². The summed E-state index contributed by atoms with van der Waals surface area (Å²) in [6.45, 7) is 1.22. The van der Waals surface area contributed by atoms with Gasteiger partial charge in [-0.05, 0) is 11.6 Å². The van der Waals surface area contributed by atoms with E-state index < -0.39 is 0 Å². The topological polar surface area (TPSA) is 122 Å². The molecule has 0 aliphatic rings. The van der Waals surface area contributed by atoms with E-state index in [2.05, 4.69) is 25.6 Å². The van der Waals surface area contributed by atoms with Crippen molar-refractivity contribution in [2.24, 2.45) is 10.9 Å². The second-order valence-corrected chi connectivity index (χ2v) is 3.76. The minimum Gasteiger partial charge on any atom is -0.409 e. The number of amidine groups is 1. The Morgan fingerprint density at radius 2 is 2.37 bits per heavy atom. The molecule has 0 aromatic carbocycles. The average Bonchev–Trinajstić information content (AvgIpc) is 2.96. The Labute approximate surface area is 109 Å². The monoisotopic (exact) mass is 262 g/mol. The lowest BCUT2D eigenvalue weighted by atomic mass is 10.2. The van der Waals surface area contributed by atoms with Gasteiger partial charge in [0.25, 0.3) is 0 Å². The molecule has 100 valence electrons. The van der Waals surface area contributed by atoms with E-state index in [4.69, 9.17) is 15.5 Å². The van der Waals surface area contributed by atoms with Crippen LogP contribution in [-0.4, -0.2) is 32.7 Å². The van der Waals surface area contributed by atoms with Crippen molar-refractivity contribution >= 4 is 5.84 Å². The number of rotatable bonds is 6. The quantitative estimate of drug-likeness (QED) is 0.218. The Hall–Kier alpha value is -2.48. The van der Waals surface area contributed by atoms with Crippen molar-refractivity contribution in [3.05, 3.63) is 41.8 Å². The minimum atomic E-state index is -0.00528. The second kappa shape index (κ2) is 6.45. The van der Waals surface area contributed by atoms with Gasteiger partial charge in [-0.15, -0.1) is 0 Å². The van der Waals surface area contributed by atoms with Gasteiger partial charge in [0.05, 0.1) is 0 Å². The smallest absolute Gasteiger partial charge is 0.227 e. The van der Waals surface area contributed by atoms with Crippen molar-refractivity contribution in [2.45, 2.75) is 13.0 Å². The Bertz CT molecular complexity index is 540.